The Kier molecular flexibility index (Phi) is 4.06. The van der Waals surface area contributed by atoms with Crippen molar-refractivity contribution in [1.29, 1.82) is 0 Å². The number of nitrogens with one attached hydrogen (secondary N) is 1. The van der Waals surface area contributed by atoms with E-state index in [2.05, 4.69) is 28.4 Å². The SMILES string of the molecule is c1ccc(Oc2cccc(CN3CCC4(CCNC4)C3)c2)cc1. The van der Waals surface area contributed by atoms with Crippen LogP contribution in [0.15, 0.2) is 54.6 Å². The molecule has 0 bridgehead atoms. The minimum atomic E-state index is 0.540. The first-order valence-electron chi connectivity index (χ1n) is 8.56. The zero-order valence-electron chi connectivity index (χ0n) is 13.5. The maximum Gasteiger partial charge on any atom is 0.127 e. The average molecular weight is 308 g/mol. The molecule has 3 heteroatoms. The molecule has 1 spiro atoms. The third-order valence-electron chi connectivity index (χ3n) is 5.13. The van der Waals surface area contributed by atoms with Crippen LogP contribution in [0.1, 0.15) is 18.4 Å². The lowest BCUT2D eigenvalue weighted by Crippen LogP contribution is -2.28. The van der Waals surface area contributed by atoms with Crippen molar-refractivity contribution in [3.63, 3.8) is 0 Å². The summed E-state index contributed by atoms with van der Waals surface area (Å²) in [6.07, 6.45) is 2.67. The van der Waals surface area contributed by atoms with Gasteiger partial charge in [-0.2, -0.15) is 0 Å². The Morgan fingerprint density at radius 1 is 1.00 bits per heavy atom. The van der Waals surface area contributed by atoms with Crippen molar-refractivity contribution in [2.75, 3.05) is 26.2 Å². The molecule has 3 nitrogen and oxygen atoms in total. The zero-order chi connectivity index (χ0) is 15.5. The second kappa shape index (κ2) is 6.34. The average Bonchev–Trinajstić information content (AvgIpc) is 3.19. The molecule has 0 saturated carbocycles. The highest BCUT2D eigenvalue weighted by molar-refractivity contribution is 5.33. The Hall–Kier alpha value is -1.84. The monoisotopic (exact) mass is 308 g/mol. The molecule has 23 heavy (non-hydrogen) atoms. The predicted octanol–water partition coefficient (Wildman–Crippen LogP) is 3.66. The van der Waals surface area contributed by atoms with Gasteiger partial charge in [0.05, 0.1) is 0 Å². The molecule has 120 valence electrons. The zero-order valence-corrected chi connectivity index (χ0v) is 13.5. The van der Waals surface area contributed by atoms with Gasteiger partial charge in [-0.15, -0.1) is 0 Å². The highest BCUT2D eigenvalue weighted by Crippen LogP contribution is 2.36. The number of ether oxygens (including phenoxy) is 1. The Morgan fingerprint density at radius 2 is 1.87 bits per heavy atom. The summed E-state index contributed by atoms with van der Waals surface area (Å²) >= 11 is 0. The maximum absolute atomic E-state index is 5.95. The number of hydrogen-bond acceptors (Lipinski definition) is 3. The molecule has 1 atom stereocenters. The van der Waals surface area contributed by atoms with Gasteiger partial charge >= 0.3 is 0 Å². The molecule has 2 aromatic rings. The van der Waals surface area contributed by atoms with Crippen LogP contribution in [0.5, 0.6) is 11.5 Å². The predicted molar refractivity (Wildman–Crippen MR) is 92.8 cm³/mol. The molecule has 2 fully saturated rings. The Morgan fingerprint density at radius 3 is 2.70 bits per heavy atom. The first-order valence-corrected chi connectivity index (χ1v) is 8.56. The molecule has 2 heterocycles. The fraction of sp³-hybridized carbons (Fsp3) is 0.400. The Bertz CT molecular complexity index is 650. The fourth-order valence-corrected chi connectivity index (χ4v) is 3.90. The van der Waals surface area contributed by atoms with E-state index in [1.54, 1.807) is 0 Å². The van der Waals surface area contributed by atoms with Crippen LogP contribution in [-0.4, -0.2) is 31.1 Å². The number of nitrogens with zero attached hydrogens (tertiary/aromatic N) is 1. The molecule has 2 saturated heterocycles. The lowest BCUT2D eigenvalue weighted by atomic mass is 9.86. The van der Waals surface area contributed by atoms with E-state index < -0.39 is 0 Å². The van der Waals surface area contributed by atoms with Crippen LogP contribution in [0.2, 0.25) is 0 Å². The van der Waals surface area contributed by atoms with E-state index >= 15 is 0 Å². The minimum Gasteiger partial charge on any atom is -0.457 e. The van der Waals surface area contributed by atoms with E-state index in [9.17, 15) is 0 Å². The van der Waals surface area contributed by atoms with Crippen molar-refractivity contribution in [2.24, 2.45) is 5.41 Å². The molecule has 0 radical (unpaired) electrons. The first kappa shape index (κ1) is 14.7. The lowest BCUT2D eigenvalue weighted by Gasteiger charge is -2.23. The van der Waals surface area contributed by atoms with Crippen LogP contribution < -0.4 is 10.1 Å². The number of likely N-dealkylation sites (tertiary alicyclic amines) is 1. The third kappa shape index (κ3) is 3.41. The van der Waals surface area contributed by atoms with E-state index in [4.69, 9.17) is 4.74 Å². The molecule has 2 aromatic carbocycles. The van der Waals surface area contributed by atoms with E-state index in [-0.39, 0.29) is 0 Å². The molecule has 0 amide bonds. The van der Waals surface area contributed by atoms with E-state index in [0.29, 0.717) is 5.41 Å². The van der Waals surface area contributed by atoms with Gasteiger partial charge < -0.3 is 10.1 Å². The van der Waals surface area contributed by atoms with Crippen LogP contribution in [0, 0.1) is 5.41 Å². The van der Waals surface area contributed by atoms with Crippen LogP contribution >= 0.6 is 0 Å². The van der Waals surface area contributed by atoms with Gasteiger partial charge in [0.1, 0.15) is 11.5 Å². The smallest absolute Gasteiger partial charge is 0.127 e. The van der Waals surface area contributed by atoms with Gasteiger partial charge in [0.2, 0.25) is 0 Å². The van der Waals surface area contributed by atoms with Crippen molar-refractivity contribution in [1.82, 2.24) is 10.2 Å². The van der Waals surface area contributed by atoms with Gasteiger partial charge in [0.25, 0.3) is 0 Å². The summed E-state index contributed by atoms with van der Waals surface area (Å²) in [6, 6.07) is 18.5. The van der Waals surface area contributed by atoms with E-state index in [1.165, 1.54) is 44.6 Å². The topological polar surface area (TPSA) is 24.5 Å². The van der Waals surface area contributed by atoms with Gasteiger partial charge in [-0.25, -0.2) is 0 Å². The van der Waals surface area contributed by atoms with Gasteiger partial charge in [0, 0.05) is 19.6 Å². The molecule has 2 aliphatic heterocycles. The summed E-state index contributed by atoms with van der Waals surface area (Å²) in [5, 5.41) is 3.53. The van der Waals surface area contributed by atoms with E-state index in [1.807, 2.05) is 36.4 Å². The number of hydrogen-bond donors (Lipinski definition) is 1. The first-order chi connectivity index (χ1) is 11.3. The minimum absolute atomic E-state index is 0.540. The maximum atomic E-state index is 5.95. The van der Waals surface area contributed by atoms with Crippen molar-refractivity contribution in [2.45, 2.75) is 19.4 Å². The second-order valence-electron chi connectivity index (χ2n) is 6.95. The second-order valence-corrected chi connectivity index (χ2v) is 6.95. The van der Waals surface area contributed by atoms with Gasteiger partial charge in [-0.3, -0.25) is 4.90 Å². The standard InChI is InChI=1S/C20H24N2O/c1-2-6-18(7-3-1)23-19-8-4-5-17(13-19)14-22-12-10-20(16-22)9-11-21-15-20/h1-8,13,21H,9-12,14-16H2. The molecular formula is C20H24N2O. The van der Waals surface area contributed by atoms with Crippen molar-refractivity contribution >= 4 is 0 Å². The summed E-state index contributed by atoms with van der Waals surface area (Å²) in [7, 11) is 0. The molecule has 1 N–H and O–H groups in total. The summed E-state index contributed by atoms with van der Waals surface area (Å²) in [5.74, 6) is 1.81. The summed E-state index contributed by atoms with van der Waals surface area (Å²) in [4.78, 5) is 2.59. The molecule has 0 aromatic heterocycles. The Labute approximate surface area is 138 Å². The van der Waals surface area contributed by atoms with Crippen LogP contribution in [0.25, 0.3) is 0 Å². The van der Waals surface area contributed by atoms with Crippen LogP contribution in [0.3, 0.4) is 0 Å². The van der Waals surface area contributed by atoms with Gasteiger partial charge in [0.15, 0.2) is 0 Å². The Balaban J connectivity index is 1.41. The number of para-hydroxylation sites is 1. The van der Waals surface area contributed by atoms with Gasteiger partial charge in [-0.05, 0) is 61.2 Å². The molecular weight excluding hydrogens is 284 g/mol. The van der Waals surface area contributed by atoms with Crippen LogP contribution in [-0.2, 0) is 6.54 Å². The lowest BCUT2D eigenvalue weighted by molar-refractivity contribution is 0.268. The summed E-state index contributed by atoms with van der Waals surface area (Å²) < 4.78 is 5.95. The van der Waals surface area contributed by atoms with E-state index in [0.717, 1.165) is 18.0 Å². The quantitative estimate of drug-likeness (QED) is 0.933. The highest BCUT2D eigenvalue weighted by Gasteiger charge is 2.39. The largest absolute Gasteiger partial charge is 0.457 e. The molecule has 0 aliphatic carbocycles. The fourth-order valence-electron chi connectivity index (χ4n) is 3.90. The highest BCUT2D eigenvalue weighted by atomic mass is 16.5. The summed E-state index contributed by atoms with van der Waals surface area (Å²) in [6.45, 7) is 5.85. The van der Waals surface area contributed by atoms with Crippen LogP contribution in [0.4, 0.5) is 0 Å². The molecule has 2 aliphatic rings. The van der Waals surface area contributed by atoms with Gasteiger partial charge in [-0.1, -0.05) is 30.3 Å². The third-order valence-corrected chi connectivity index (χ3v) is 5.13. The molecule has 4 rings (SSSR count). The molecule has 1 unspecified atom stereocenters. The van der Waals surface area contributed by atoms with Crippen molar-refractivity contribution in [3.05, 3.63) is 60.2 Å². The number of benzene rings is 2. The number of rotatable bonds is 4. The van der Waals surface area contributed by atoms with Crippen molar-refractivity contribution < 1.29 is 4.74 Å². The summed E-state index contributed by atoms with van der Waals surface area (Å²) in [5.41, 5.74) is 1.87. The van der Waals surface area contributed by atoms with Crippen molar-refractivity contribution in [3.8, 4) is 11.5 Å². The normalized spacial score (nSPS) is 24.3.